The maximum Gasteiger partial charge on any atom is 0.317 e. The summed E-state index contributed by atoms with van der Waals surface area (Å²) in [6.07, 6.45) is 0. The molecule has 0 bridgehead atoms. The van der Waals surface area contributed by atoms with E-state index in [4.69, 9.17) is 20.4 Å². The van der Waals surface area contributed by atoms with E-state index in [0.717, 1.165) is 9.80 Å². The van der Waals surface area contributed by atoms with E-state index in [1.807, 2.05) is 0 Å². The molecular weight excluding hydrogens is 326 g/mol. The summed E-state index contributed by atoms with van der Waals surface area (Å²) in [6.45, 7) is 1.35. The van der Waals surface area contributed by atoms with Crippen molar-refractivity contribution in [3.8, 4) is 0 Å². The molecule has 0 aliphatic carbocycles. The first-order valence-electron chi connectivity index (χ1n) is 7.07. The minimum atomic E-state index is -1.20. The molecule has 0 rings (SSSR count). The van der Waals surface area contributed by atoms with Crippen molar-refractivity contribution in [1.82, 2.24) is 14.7 Å². The second-order valence-electron chi connectivity index (χ2n) is 5.51. The number of rotatable bonds is 13. The SMILES string of the molecule is CC(C)N(CN(CC(=O)O)CC(=O)O)CN(CC(=O)O)CC(=O)O. The second kappa shape index (κ2) is 10.5. The van der Waals surface area contributed by atoms with Gasteiger partial charge in [0.05, 0.1) is 39.5 Å². The summed E-state index contributed by atoms with van der Waals surface area (Å²) in [6, 6.07) is -0.194. The maximum atomic E-state index is 10.8. The molecular formula is C13H23N3O8. The van der Waals surface area contributed by atoms with Crippen LogP contribution in [0, 0.1) is 0 Å². The molecule has 0 aromatic rings. The first kappa shape index (κ1) is 21.8. The molecule has 0 saturated carbocycles. The first-order valence-corrected chi connectivity index (χ1v) is 7.07. The Balaban J connectivity index is 5.06. The molecule has 24 heavy (non-hydrogen) atoms. The van der Waals surface area contributed by atoms with Crippen molar-refractivity contribution in [2.45, 2.75) is 19.9 Å². The van der Waals surface area contributed by atoms with Gasteiger partial charge < -0.3 is 20.4 Å². The molecule has 0 amide bonds. The highest BCUT2D eigenvalue weighted by Gasteiger charge is 2.22. The van der Waals surface area contributed by atoms with Gasteiger partial charge in [-0.2, -0.15) is 0 Å². The second-order valence-corrected chi connectivity index (χ2v) is 5.51. The van der Waals surface area contributed by atoms with Crippen LogP contribution in [0.2, 0.25) is 0 Å². The lowest BCUT2D eigenvalue weighted by Crippen LogP contribution is -2.51. The molecule has 0 radical (unpaired) electrons. The van der Waals surface area contributed by atoms with Gasteiger partial charge in [0.25, 0.3) is 0 Å². The first-order chi connectivity index (χ1) is 11.0. The topological polar surface area (TPSA) is 159 Å². The smallest absolute Gasteiger partial charge is 0.317 e. The summed E-state index contributed by atoms with van der Waals surface area (Å²) in [7, 11) is 0. The fourth-order valence-electron chi connectivity index (χ4n) is 1.96. The average Bonchev–Trinajstić information content (AvgIpc) is 2.34. The van der Waals surface area contributed by atoms with E-state index in [9.17, 15) is 19.2 Å². The van der Waals surface area contributed by atoms with Crippen LogP contribution in [0.1, 0.15) is 13.8 Å². The van der Waals surface area contributed by atoms with Gasteiger partial charge in [0, 0.05) is 6.04 Å². The van der Waals surface area contributed by atoms with Crippen LogP contribution in [0.4, 0.5) is 0 Å². The zero-order valence-corrected chi connectivity index (χ0v) is 13.6. The highest BCUT2D eigenvalue weighted by molar-refractivity contribution is 5.73. The van der Waals surface area contributed by atoms with Crippen molar-refractivity contribution in [1.29, 1.82) is 0 Å². The molecule has 0 aliphatic rings. The zero-order chi connectivity index (χ0) is 18.9. The van der Waals surface area contributed by atoms with Crippen molar-refractivity contribution in [3.63, 3.8) is 0 Å². The summed E-state index contributed by atoms with van der Waals surface area (Å²) in [5.41, 5.74) is 0. The highest BCUT2D eigenvalue weighted by atomic mass is 16.4. The van der Waals surface area contributed by atoms with Crippen molar-refractivity contribution in [3.05, 3.63) is 0 Å². The molecule has 0 aliphatic heterocycles. The molecule has 0 fully saturated rings. The van der Waals surface area contributed by atoms with Crippen LogP contribution in [0.5, 0.6) is 0 Å². The molecule has 11 heteroatoms. The molecule has 0 heterocycles. The van der Waals surface area contributed by atoms with E-state index in [0.29, 0.717) is 0 Å². The highest BCUT2D eigenvalue weighted by Crippen LogP contribution is 2.04. The summed E-state index contributed by atoms with van der Waals surface area (Å²) in [4.78, 5) is 47.3. The standard InChI is InChI=1S/C13H23N3O8/c1-9(2)16(7-14(3-10(17)18)4-11(19)20)8-15(5-12(21)22)6-13(23)24/h9H,3-8H2,1-2H3,(H,17,18)(H,19,20)(H,21,22)(H,23,24). The number of aliphatic carboxylic acids is 4. The fraction of sp³-hybridized carbons (Fsp3) is 0.692. The molecule has 4 N–H and O–H groups in total. The molecule has 138 valence electrons. The minimum Gasteiger partial charge on any atom is -0.480 e. The Morgan fingerprint density at radius 2 is 0.917 bits per heavy atom. The number of hydrogen-bond donors (Lipinski definition) is 4. The summed E-state index contributed by atoms with van der Waals surface area (Å²) < 4.78 is 0. The minimum absolute atomic E-state index is 0.0635. The number of carboxylic acid groups (broad SMARTS) is 4. The van der Waals surface area contributed by atoms with E-state index in [1.165, 1.54) is 0 Å². The van der Waals surface area contributed by atoms with Crippen LogP contribution in [-0.2, 0) is 19.2 Å². The monoisotopic (exact) mass is 349 g/mol. The molecule has 0 atom stereocenters. The Bertz CT molecular complexity index is 398. The Morgan fingerprint density at radius 1 is 0.667 bits per heavy atom. The molecule has 0 aromatic heterocycles. The van der Waals surface area contributed by atoms with Gasteiger partial charge in [0.2, 0.25) is 0 Å². The van der Waals surface area contributed by atoms with Crippen molar-refractivity contribution < 1.29 is 39.6 Å². The van der Waals surface area contributed by atoms with Gasteiger partial charge in [-0.25, -0.2) is 0 Å². The number of nitrogens with zero attached hydrogens (tertiary/aromatic N) is 3. The Hall–Kier alpha value is -2.24. The summed E-state index contributed by atoms with van der Waals surface area (Å²) in [5, 5.41) is 35.4. The van der Waals surface area contributed by atoms with E-state index in [2.05, 4.69) is 0 Å². The lowest BCUT2D eigenvalue weighted by atomic mass is 10.3. The van der Waals surface area contributed by atoms with Gasteiger partial charge in [0.1, 0.15) is 0 Å². The molecule has 0 saturated heterocycles. The van der Waals surface area contributed by atoms with Gasteiger partial charge in [-0.05, 0) is 13.8 Å². The summed E-state index contributed by atoms with van der Waals surface area (Å²) in [5.74, 6) is -4.80. The number of hydrogen-bond acceptors (Lipinski definition) is 7. The number of carboxylic acids is 4. The van der Waals surface area contributed by atoms with Crippen molar-refractivity contribution in [2.75, 3.05) is 39.5 Å². The van der Waals surface area contributed by atoms with Gasteiger partial charge in [-0.15, -0.1) is 0 Å². The third-order valence-corrected chi connectivity index (χ3v) is 2.93. The fourth-order valence-corrected chi connectivity index (χ4v) is 1.96. The van der Waals surface area contributed by atoms with Crippen LogP contribution in [0.25, 0.3) is 0 Å². The average molecular weight is 349 g/mol. The largest absolute Gasteiger partial charge is 0.480 e. The number of carbonyl (C=O) groups is 4. The normalized spacial score (nSPS) is 11.4. The van der Waals surface area contributed by atoms with Crippen molar-refractivity contribution >= 4 is 23.9 Å². The van der Waals surface area contributed by atoms with E-state index in [-0.39, 0.29) is 19.4 Å². The Morgan fingerprint density at radius 3 is 1.08 bits per heavy atom. The lowest BCUT2D eigenvalue weighted by molar-refractivity contribution is -0.143. The third kappa shape index (κ3) is 10.5. The van der Waals surface area contributed by atoms with Crippen LogP contribution in [0.3, 0.4) is 0 Å². The molecule has 11 nitrogen and oxygen atoms in total. The van der Waals surface area contributed by atoms with Gasteiger partial charge in [0.15, 0.2) is 0 Å². The van der Waals surface area contributed by atoms with Gasteiger partial charge in [-0.3, -0.25) is 33.9 Å². The quantitative estimate of drug-likeness (QED) is 0.288. The Kier molecular flexibility index (Phi) is 9.54. The van der Waals surface area contributed by atoms with E-state index < -0.39 is 50.1 Å². The van der Waals surface area contributed by atoms with Gasteiger partial charge in [-0.1, -0.05) is 0 Å². The molecule has 0 unspecified atom stereocenters. The predicted molar refractivity (Wildman–Crippen MR) is 80.4 cm³/mol. The van der Waals surface area contributed by atoms with E-state index >= 15 is 0 Å². The molecule has 0 aromatic carbocycles. The summed E-state index contributed by atoms with van der Waals surface area (Å²) >= 11 is 0. The van der Waals surface area contributed by atoms with Crippen molar-refractivity contribution in [2.24, 2.45) is 0 Å². The predicted octanol–water partition coefficient (Wildman–Crippen LogP) is -1.45. The third-order valence-electron chi connectivity index (χ3n) is 2.93. The Labute approximate surface area is 138 Å². The molecule has 0 spiro atoms. The van der Waals surface area contributed by atoms with Crippen LogP contribution in [0.15, 0.2) is 0 Å². The lowest BCUT2D eigenvalue weighted by Gasteiger charge is -2.35. The van der Waals surface area contributed by atoms with Crippen LogP contribution < -0.4 is 0 Å². The van der Waals surface area contributed by atoms with Gasteiger partial charge >= 0.3 is 23.9 Å². The maximum absolute atomic E-state index is 10.8. The van der Waals surface area contributed by atoms with E-state index in [1.54, 1.807) is 18.7 Å². The zero-order valence-electron chi connectivity index (χ0n) is 13.6. The van der Waals surface area contributed by atoms with Crippen LogP contribution in [-0.4, -0.2) is 105 Å². The van der Waals surface area contributed by atoms with Crippen LogP contribution >= 0.6 is 0 Å².